The molecule has 0 aromatic heterocycles. The summed E-state index contributed by atoms with van der Waals surface area (Å²) in [6.07, 6.45) is 0.949. The quantitative estimate of drug-likeness (QED) is 0.773. The highest BCUT2D eigenvalue weighted by molar-refractivity contribution is 6.01. The minimum atomic E-state index is -0.892. The van der Waals surface area contributed by atoms with Crippen LogP contribution in [-0.4, -0.2) is 54.1 Å². The lowest BCUT2D eigenvalue weighted by atomic mass is 10.2. The lowest BCUT2D eigenvalue weighted by Gasteiger charge is -2.24. The van der Waals surface area contributed by atoms with E-state index in [4.69, 9.17) is 5.11 Å². The molecule has 1 aromatic carbocycles. The van der Waals surface area contributed by atoms with Crippen LogP contribution >= 0.6 is 0 Å². The Morgan fingerprint density at radius 2 is 2.04 bits per heavy atom. The summed E-state index contributed by atoms with van der Waals surface area (Å²) in [5, 5.41) is 11.2. The van der Waals surface area contributed by atoms with E-state index in [-0.39, 0.29) is 24.9 Å². The zero-order chi connectivity index (χ0) is 16.8. The molecule has 1 heterocycles. The Hall–Kier alpha value is -2.57. The van der Waals surface area contributed by atoms with Crippen LogP contribution in [0.3, 0.4) is 0 Å². The van der Waals surface area contributed by atoms with Gasteiger partial charge in [0.05, 0.1) is 0 Å². The number of hydrogen-bond donors (Lipinski definition) is 2. The number of likely N-dealkylation sites (N-methyl/N-ethyl adjacent to an activating group) is 1. The van der Waals surface area contributed by atoms with E-state index in [0.717, 1.165) is 5.69 Å². The van der Waals surface area contributed by atoms with Crippen LogP contribution in [0.15, 0.2) is 30.3 Å². The third kappa shape index (κ3) is 4.21. The number of amides is 3. The van der Waals surface area contributed by atoms with Crippen LogP contribution < -0.4 is 10.2 Å². The largest absolute Gasteiger partial charge is 0.481 e. The number of nitrogens with zero attached hydrogens (tertiary/aromatic N) is 2. The number of urea groups is 1. The summed E-state index contributed by atoms with van der Waals surface area (Å²) >= 11 is 0. The Labute approximate surface area is 134 Å². The molecule has 0 spiro atoms. The average Bonchev–Trinajstić information content (AvgIpc) is 2.93. The summed E-state index contributed by atoms with van der Waals surface area (Å²) in [5.74, 6) is -0.989. The zero-order valence-corrected chi connectivity index (χ0v) is 13.1. The summed E-state index contributed by atoms with van der Waals surface area (Å²) in [5.41, 5.74) is 0.829. The van der Waals surface area contributed by atoms with E-state index < -0.39 is 12.0 Å². The number of para-hydroxylation sites is 1. The third-order valence-electron chi connectivity index (χ3n) is 3.88. The normalized spacial score (nSPS) is 17.2. The molecule has 1 fully saturated rings. The molecule has 7 nitrogen and oxygen atoms in total. The molecule has 1 aliphatic rings. The maximum absolute atomic E-state index is 12.5. The van der Waals surface area contributed by atoms with Crippen LogP contribution in [0.1, 0.15) is 19.3 Å². The number of nitrogens with one attached hydrogen (secondary N) is 1. The fraction of sp³-hybridized carbons (Fsp3) is 0.438. The lowest BCUT2D eigenvalue weighted by Crippen LogP contribution is -2.47. The molecule has 2 N–H and O–H groups in total. The maximum Gasteiger partial charge on any atom is 0.317 e. The van der Waals surface area contributed by atoms with Gasteiger partial charge in [-0.05, 0) is 25.0 Å². The van der Waals surface area contributed by atoms with Crippen molar-refractivity contribution in [3.05, 3.63) is 30.3 Å². The maximum atomic E-state index is 12.5. The highest BCUT2D eigenvalue weighted by atomic mass is 16.4. The SMILES string of the molecule is CN(C(=O)NCCCC(=O)O)C1CCN(c2ccccc2)C1=O. The molecule has 1 aliphatic heterocycles. The standard InChI is InChI=1S/C16H21N3O4/c1-18(16(23)17-10-5-8-14(20)21)13-9-11-19(15(13)22)12-6-3-2-4-7-12/h2-4,6-7,13H,5,8-11H2,1H3,(H,17,23)(H,20,21). The highest BCUT2D eigenvalue weighted by Crippen LogP contribution is 2.23. The smallest absolute Gasteiger partial charge is 0.317 e. The molecule has 1 unspecified atom stereocenters. The molecule has 2 rings (SSSR count). The second kappa shape index (κ2) is 7.62. The fourth-order valence-corrected chi connectivity index (χ4v) is 2.59. The van der Waals surface area contributed by atoms with Crippen molar-refractivity contribution in [2.24, 2.45) is 0 Å². The summed E-state index contributed by atoms with van der Waals surface area (Å²) in [6.45, 7) is 0.850. The average molecular weight is 319 g/mol. The van der Waals surface area contributed by atoms with Gasteiger partial charge in [-0.25, -0.2) is 4.79 Å². The predicted octanol–water partition coefficient (Wildman–Crippen LogP) is 1.30. The molecule has 23 heavy (non-hydrogen) atoms. The van der Waals surface area contributed by atoms with Crippen LogP contribution in [0.25, 0.3) is 0 Å². The summed E-state index contributed by atoms with van der Waals surface area (Å²) < 4.78 is 0. The van der Waals surface area contributed by atoms with Crippen molar-refractivity contribution < 1.29 is 19.5 Å². The molecule has 7 heteroatoms. The van der Waals surface area contributed by atoms with Gasteiger partial charge in [-0.3, -0.25) is 9.59 Å². The minimum absolute atomic E-state index is 0.00807. The van der Waals surface area contributed by atoms with Gasteiger partial charge in [0.2, 0.25) is 5.91 Å². The van der Waals surface area contributed by atoms with Crippen molar-refractivity contribution in [2.45, 2.75) is 25.3 Å². The van der Waals surface area contributed by atoms with E-state index in [1.165, 1.54) is 4.90 Å². The number of carboxylic acids is 1. The van der Waals surface area contributed by atoms with E-state index in [0.29, 0.717) is 19.4 Å². The Bertz CT molecular complexity index is 576. The van der Waals surface area contributed by atoms with Gasteiger partial charge < -0.3 is 20.2 Å². The van der Waals surface area contributed by atoms with E-state index in [2.05, 4.69) is 5.32 Å². The molecule has 3 amide bonds. The number of carbonyl (C=O) groups is 3. The van der Waals surface area contributed by atoms with E-state index in [1.54, 1.807) is 11.9 Å². The zero-order valence-electron chi connectivity index (χ0n) is 13.1. The van der Waals surface area contributed by atoms with Gasteiger partial charge in [0, 0.05) is 32.2 Å². The second-order valence-corrected chi connectivity index (χ2v) is 5.47. The predicted molar refractivity (Wildman–Crippen MR) is 85.2 cm³/mol. The number of rotatable bonds is 6. The minimum Gasteiger partial charge on any atom is -0.481 e. The van der Waals surface area contributed by atoms with Crippen molar-refractivity contribution in [1.29, 1.82) is 0 Å². The highest BCUT2D eigenvalue weighted by Gasteiger charge is 2.37. The molecule has 0 bridgehead atoms. The van der Waals surface area contributed by atoms with E-state index >= 15 is 0 Å². The molecule has 1 aromatic rings. The number of aliphatic carboxylic acids is 1. The molecule has 0 saturated carbocycles. The molecule has 1 saturated heterocycles. The molecule has 1 atom stereocenters. The monoisotopic (exact) mass is 319 g/mol. The van der Waals surface area contributed by atoms with Gasteiger partial charge >= 0.3 is 12.0 Å². The van der Waals surface area contributed by atoms with Crippen molar-refractivity contribution in [3.8, 4) is 0 Å². The van der Waals surface area contributed by atoms with Gasteiger partial charge in [-0.15, -0.1) is 0 Å². The molecule has 124 valence electrons. The summed E-state index contributed by atoms with van der Waals surface area (Å²) in [7, 11) is 1.59. The van der Waals surface area contributed by atoms with Crippen molar-refractivity contribution in [1.82, 2.24) is 10.2 Å². The van der Waals surface area contributed by atoms with Gasteiger partial charge in [0.15, 0.2) is 0 Å². The first-order chi connectivity index (χ1) is 11.0. The van der Waals surface area contributed by atoms with Gasteiger partial charge in [-0.2, -0.15) is 0 Å². The van der Waals surface area contributed by atoms with E-state index in [1.807, 2.05) is 30.3 Å². The van der Waals surface area contributed by atoms with Crippen molar-refractivity contribution in [3.63, 3.8) is 0 Å². The van der Waals surface area contributed by atoms with Crippen molar-refractivity contribution >= 4 is 23.6 Å². The van der Waals surface area contributed by atoms with Crippen LogP contribution in [-0.2, 0) is 9.59 Å². The number of anilines is 1. The number of carbonyl (C=O) groups excluding carboxylic acids is 2. The van der Waals surface area contributed by atoms with Gasteiger partial charge in [0.25, 0.3) is 0 Å². The third-order valence-corrected chi connectivity index (χ3v) is 3.88. The first kappa shape index (κ1) is 16.8. The molecule has 0 aliphatic carbocycles. The van der Waals surface area contributed by atoms with Gasteiger partial charge in [-0.1, -0.05) is 18.2 Å². The first-order valence-corrected chi connectivity index (χ1v) is 7.59. The van der Waals surface area contributed by atoms with Crippen LogP contribution in [0.4, 0.5) is 10.5 Å². The molecule has 0 radical (unpaired) electrons. The molecular weight excluding hydrogens is 298 g/mol. The first-order valence-electron chi connectivity index (χ1n) is 7.59. The van der Waals surface area contributed by atoms with Crippen molar-refractivity contribution in [2.75, 3.05) is 25.0 Å². The Kier molecular flexibility index (Phi) is 5.56. The number of hydrogen-bond acceptors (Lipinski definition) is 3. The number of carboxylic acid groups (broad SMARTS) is 1. The summed E-state index contributed by atoms with van der Waals surface area (Å²) in [6, 6.07) is 8.51. The second-order valence-electron chi connectivity index (χ2n) is 5.47. The number of benzene rings is 1. The fourth-order valence-electron chi connectivity index (χ4n) is 2.59. The molecular formula is C16H21N3O4. The van der Waals surface area contributed by atoms with Crippen LogP contribution in [0, 0.1) is 0 Å². The van der Waals surface area contributed by atoms with Crippen LogP contribution in [0.2, 0.25) is 0 Å². The van der Waals surface area contributed by atoms with Gasteiger partial charge in [0.1, 0.15) is 6.04 Å². The summed E-state index contributed by atoms with van der Waals surface area (Å²) in [4.78, 5) is 38.1. The Balaban J connectivity index is 1.88. The lowest BCUT2D eigenvalue weighted by molar-refractivity contribution is -0.137. The Morgan fingerprint density at radius 3 is 2.70 bits per heavy atom. The van der Waals surface area contributed by atoms with Crippen LogP contribution in [0.5, 0.6) is 0 Å². The Morgan fingerprint density at radius 1 is 1.35 bits per heavy atom. The van der Waals surface area contributed by atoms with E-state index in [9.17, 15) is 14.4 Å². The topological polar surface area (TPSA) is 89.9 Å².